The maximum absolute atomic E-state index is 13.7. The molecule has 1 aliphatic rings. The topological polar surface area (TPSA) is 84.2 Å². The second-order valence-electron chi connectivity index (χ2n) is 5.29. The quantitative estimate of drug-likeness (QED) is 0.627. The van der Waals surface area contributed by atoms with Gasteiger partial charge in [-0.25, -0.2) is 4.39 Å². The molecule has 0 atom stereocenters. The molecule has 1 saturated carbocycles. The summed E-state index contributed by atoms with van der Waals surface area (Å²) < 4.78 is 13.7. The Morgan fingerprint density at radius 2 is 2.10 bits per heavy atom. The molecule has 0 aromatic heterocycles. The van der Waals surface area contributed by atoms with Crippen LogP contribution in [0.1, 0.15) is 41.6 Å². The summed E-state index contributed by atoms with van der Waals surface area (Å²) in [4.78, 5) is 22.3. The van der Waals surface area contributed by atoms with Gasteiger partial charge in [0.2, 0.25) is 11.8 Å². The van der Waals surface area contributed by atoms with Gasteiger partial charge in [0.1, 0.15) is 5.82 Å². The Kier molecular flexibility index (Phi) is 5.27. The molecule has 21 heavy (non-hydrogen) atoms. The molecule has 5 nitrogen and oxygen atoms in total. The van der Waals surface area contributed by atoms with Gasteiger partial charge in [0.05, 0.1) is 0 Å². The van der Waals surface area contributed by atoms with Crippen molar-refractivity contribution in [2.75, 3.05) is 6.54 Å². The molecule has 1 aromatic carbocycles. The first-order chi connectivity index (χ1) is 10.1. The molecular formula is C15H20FN3O2. The van der Waals surface area contributed by atoms with Crippen LogP contribution in [0.2, 0.25) is 0 Å². The first-order valence-electron chi connectivity index (χ1n) is 7.14. The predicted octanol–water partition coefficient (Wildman–Crippen LogP) is 1.07. The molecule has 0 unspecified atom stereocenters. The lowest BCUT2D eigenvalue weighted by Crippen LogP contribution is -2.26. The van der Waals surface area contributed by atoms with E-state index in [1.807, 2.05) is 0 Å². The maximum atomic E-state index is 13.7. The lowest BCUT2D eigenvalue weighted by molar-refractivity contribution is -0.121. The first kappa shape index (κ1) is 15.4. The predicted molar refractivity (Wildman–Crippen MR) is 77.0 cm³/mol. The smallest absolute Gasteiger partial charge is 0.248 e. The summed E-state index contributed by atoms with van der Waals surface area (Å²) in [5.74, 6) is -1.02. The summed E-state index contributed by atoms with van der Waals surface area (Å²) in [5, 5.41) is 6.00. The van der Waals surface area contributed by atoms with Crippen LogP contribution in [0.3, 0.4) is 0 Å². The van der Waals surface area contributed by atoms with Gasteiger partial charge in [-0.3, -0.25) is 9.59 Å². The van der Waals surface area contributed by atoms with Crippen molar-refractivity contribution in [3.05, 3.63) is 35.1 Å². The Morgan fingerprint density at radius 3 is 2.71 bits per heavy atom. The summed E-state index contributed by atoms with van der Waals surface area (Å²) in [6.07, 6.45) is 3.36. The highest BCUT2D eigenvalue weighted by Crippen LogP contribution is 2.18. The molecule has 0 saturated heterocycles. The summed E-state index contributed by atoms with van der Waals surface area (Å²) in [6.45, 7) is 0.990. The zero-order valence-corrected chi connectivity index (χ0v) is 11.8. The summed E-state index contributed by atoms with van der Waals surface area (Å²) in [6, 6.07) is 4.58. The minimum atomic E-state index is -0.643. The number of halogens is 1. The van der Waals surface area contributed by atoms with E-state index in [0.29, 0.717) is 37.5 Å². The third-order valence-corrected chi connectivity index (χ3v) is 3.35. The fourth-order valence-electron chi connectivity index (χ4n) is 1.97. The minimum absolute atomic E-state index is 0.0799. The van der Waals surface area contributed by atoms with E-state index >= 15 is 0 Å². The number of nitrogens with one attached hydrogen (secondary N) is 2. The number of benzene rings is 1. The highest BCUT2D eigenvalue weighted by molar-refractivity contribution is 5.92. The van der Waals surface area contributed by atoms with Crippen molar-refractivity contribution >= 4 is 11.8 Å². The Labute approximate surface area is 123 Å². The van der Waals surface area contributed by atoms with Crippen LogP contribution in [0.5, 0.6) is 0 Å². The third kappa shape index (κ3) is 5.15. The zero-order chi connectivity index (χ0) is 15.2. The van der Waals surface area contributed by atoms with Crippen LogP contribution >= 0.6 is 0 Å². The number of carbonyl (C=O) groups excluding carboxylic acids is 2. The Hall–Kier alpha value is -1.95. The van der Waals surface area contributed by atoms with Crippen molar-refractivity contribution in [2.24, 2.45) is 5.73 Å². The molecule has 0 bridgehead atoms. The minimum Gasteiger partial charge on any atom is -0.366 e. The van der Waals surface area contributed by atoms with Crippen molar-refractivity contribution in [2.45, 2.75) is 38.3 Å². The average molecular weight is 293 g/mol. The van der Waals surface area contributed by atoms with Gasteiger partial charge in [-0.1, -0.05) is 6.07 Å². The van der Waals surface area contributed by atoms with Gasteiger partial charge >= 0.3 is 0 Å². The zero-order valence-electron chi connectivity index (χ0n) is 11.8. The van der Waals surface area contributed by atoms with E-state index in [9.17, 15) is 14.0 Å². The van der Waals surface area contributed by atoms with Crippen molar-refractivity contribution in [3.63, 3.8) is 0 Å². The molecule has 1 fully saturated rings. The summed E-state index contributed by atoms with van der Waals surface area (Å²) >= 11 is 0. The summed E-state index contributed by atoms with van der Waals surface area (Å²) in [7, 11) is 0. The van der Waals surface area contributed by atoms with Crippen LogP contribution in [0.4, 0.5) is 4.39 Å². The van der Waals surface area contributed by atoms with Gasteiger partial charge in [0.25, 0.3) is 0 Å². The van der Waals surface area contributed by atoms with E-state index in [1.165, 1.54) is 6.07 Å². The average Bonchev–Trinajstić information content (AvgIpc) is 3.23. The Morgan fingerprint density at radius 1 is 1.33 bits per heavy atom. The molecular weight excluding hydrogens is 273 g/mol. The molecule has 6 heteroatoms. The van der Waals surface area contributed by atoms with Crippen molar-refractivity contribution < 1.29 is 14.0 Å². The number of hydrogen-bond acceptors (Lipinski definition) is 3. The monoisotopic (exact) mass is 293 g/mol. The molecule has 2 rings (SSSR count). The summed E-state index contributed by atoms with van der Waals surface area (Å²) in [5.41, 5.74) is 5.72. The van der Waals surface area contributed by atoms with Crippen LogP contribution < -0.4 is 16.4 Å². The first-order valence-corrected chi connectivity index (χ1v) is 7.14. The number of hydrogen-bond donors (Lipinski definition) is 3. The second-order valence-corrected chi connectivity index (χ2v) is 5.29. The van der Waals surface area contributed by atoms with E-state index in [0.717, 1.165) is 18.9 Å². The molecule has 4 N–H and O–H groups in total. The third-order valence-electron chi connectivity index (χ3n) is 3.35. The fraction of sp³-hybridized carbons (Fsp3) is 0.467. The van der Waals surface area contributed by atoms with Gasteiger partial charge in [-0.2, -0.15) is 0 Å². The van der Waals surface area contributed by atoms with Gasteiger partial charge in [-0.15, -0.1) is 0 Å². The van der Waals surface area contributed by atoms with Gasteiger partial charge < -0.3 is 16.4 Å². The number of rotatable bonds is 8. The van der Waals surface area contributed by atoms with E-state index in [1.54, 1.807) is 6.07 Å². The van der Waals surface area contributed by atoms with Crippen molar-refractivity contribution in [1.29, 1.82) is 0 Å². The standard InChI is InChI=1S/C15H20FN3O2/c16-13-8-10(15(17)21)3-4-11(13)9-18-7-1-2-14(20)19-12-5-6-12/h3-4,8,12,18H,1-2,5-7,9H2,(H2,17,21)(H,19,20). The van der Waals surface area contributed by atoms with Crippen LogP contribution in [0.15, 0.2) is 18.2 Å². The molecule has 0 heterocycles. The molecule has 1 aliphatic carbocycles. The normalized spacial score (nSPS) is 14.0. The van der Waals surface area contributed by atoms with E-state index in [2.05, 4.69) is 10.6 Å². The number of amides is 2. The molecule has 0 aliphatic heterocycles. The molecule has 0 radical (unpaired) electrons. The molecule has 114 valence electrons. The molecule has 0 spiro atoms. The number of nitrogens with two attached hydrogens (primary N) is 1. The van der Waals surface area contributed by atoms with E-state index < -0.39 is 11.7 Å². The van der Waals surface area contributed by atoms with E-state index in [-0.39, 0.29) is 11.5 Å². The maximum Gasteiger partial charge on any atom is 0.248 e. The molecule has 1 aromatic rings. The lowest BCUT2D eigenvalue weighted by Gasteiger charge is -2.07. The van der Waals surface area contributed by atoms with Crippen LogP contribution in [0, 0.1) is 5.82 Å². The van der Waals surface area contributed by atoms with Crippen LogP contribution in [-0.4, -0.2) is 24.4 Å². The van der Waals surface area contributed by atoms with Crippen molar-refractivity contribution in [1.82, 2.24) is 10.6 Å². The highest BCUT2D eigenvalue weighted by atomic mass is 19.1. The van der Waals surface area contributed by atoms with Gasteiger partial charge in [0, 0.05) is 30.1 Å². The SMILES string of the molecule is NC(=O)c1ccc(CNCCCC(=O)NC2CC2)c(F)c1. The fourth-order valence-corrected chi connectivity index (χ4v) is 1.97. The van der Waals surface area contributed by atoms with Crippen molar-refractivity contribution in [3.8, 4) is 0 Å². The lowest BCUT2D eigenvalue weighted by atomic mass is 10.1. The second kappa shape index (κ2) is 7.17. The number of primary amides is 1. The largest absolute Gasteiger partial charge is 0.366 e. The van der Waals surface area contributed by atoms with Gasteiger partial charge in [0.15, 0.2) is 0 Å². The van der Waals surface area contributed by atoms with Gasteiger partial charge in [-0.05, 0) is 37.9 Å². The van der Waals surface area contributed by atoms with E-state index in [4.69, 9.17) is 5.73 Å². The highest BCUT2D eigenvalue weighted by Gasteiger charge is 2.22. The number of carbonyl (C=O) groups is 2. The van der Waals surface area contributed by atoms with Crippen LogP contribution in [-0.2, 0) is 11.3 Å². The Balaban J connectivity index is 1.66. The Bertz CT molecular complexity index is 530. The molecule has 2 amide bonds. The van der Waals surface area contributed by atoms with Crippen LogP contribution in [0.25, 0.3) is 0 Å².